The summed E-state index contributed by atoms with van der Waals surface area (Å²) in [6.45, 7) is 4.91. The average molecular weight is 281 g/mol. The first kappa shape index (κ1) is 12.6. The summed E-state index contributed by atoms with van der Waals surface area (Å²) < 4.78 is 4.10. The highest BCUT2D eigenvalue weighted by Crippen LogP contribution is 2.22. The van der Waals surface area contributed by atoms with Crippen LogP contribution in [-0.2, 0) is 6.54 Å². The number of aromatic nitrogens is 4. The molecule has 1 saturated carbocycles. The van der Waals surface area contributed by atoms with Crippen LogP contribution < -0.4 is 5.32 Å². The summed E-state index contributed by atoms with van der Waals surface area (Å²) in [5.41, 5.74) is 4.27. The SMILES string of the molecule is Cc1cc(C)n(-c2nc3ccccn3c2CNC2CC2)n1. The number of hydrogen-bond donors (Lipinski definition) is 1. The summed E-state index contributed by atoms with van der Waals surface area (Å²) in [6, 6.07) is 8.86. The van der Waals surface area contributed by atoms with Gasteiger partial charge in [0.1, 0.15) is 5.65 Å². The second-order valence-corrected chi connectivity index (χ2v) is 5.81. The van der Waals surface area contributed by atoms with Gasteiger partial charge in [0.05, 0.1) is 11.4 Å². The van der Waals surface area contributed by atoms with E-state index >= 15 is 0 Å². The lowest BCUT2D eigenvalue weighted by Gasteiger charge is -2.07. The number of fused-ring (bicyclic) bond motifs is 1. The third-order valence-corrected chi connectivity index (χ3v) is 3.95. The number of pyridine rings is 1. The second kappa shape index (κ2) is 4.70. The molecule has 3 aromatic heterocycles. The van der Waals surface area contributed by atoms with Gasteiger partial charge in [0.2, 0.25) is 0 Å². The first-order valence-electron chi connectivity index (χ1n) is 7.45. The van der Waals surface area contributed by atoms with E-state index in [1.807, 2.05) is 29.8 Å². The number of nitrogens with one attached hydrogen (secondary N) is 1. The monoisotopic (exact) mass is 281 g/mol. The molecule has 0 amide bonds. The maximum absolute atomic E-state index is 4.78. The Kier molecular flexibility index (Phi) is 2.82. The standard InChI is InChI=1S/C16H19N5/c1-11-9-12(2)21(19-11)16-14(10-17-13-6-7-13)20-8-4-3-5-15(20)18-16/h3-5,8-9,13,17H,6-7,10H2,1-2H3. The molecule has 3 heterocycles. The maximum atomic E-state index is 4.78. The Morgan fingerprint density at radius 1 is 1.29 bits per heavy atom. The van der Waals surface area contributed by atoms with Crippen LogP contribution in [0, 0.1) is 13.8 Å². The van der Waals surface area contributed by atoms with Crippen molar-refractivity contribution >= 4 is 5.65 Å². The van der Waals surface area contributed by atoms with E-state index in [1.54, 1.807) is 0 Å². The quantitative estimate of drug-likeness (QED) is 0.798. The molecule has 0 unspecified atom stereocenters. The van der Waals surface area contributed by atoms with Crippen LogP contribution in [0.4, 0.5) is 0 Å². The van der Waals surface area contributed by atoms with E-state index in [2.05, 4.69) is 34.0 Å². The number of nitrogens with zero attached hydrogens (tertiary/aromatic N) is 4. The van der Waals surface area contributed by atoms with E-state index < -0.39 is 0 Å². The van der Waals surface area contributed by atoms with Crippen LogP contribution in [-0.4, -0.2) is 25.2 Å². The molecule has 1 aliphatic rings. The molecule has 5 nitrogen and oxygen atoms in total. The fraction of sp³-hybridized carbons (Fsp3) is 0.375. The van der Waals surface area contributed by atoms with Crippen LogP contribution in [0.25, 0.3) is 11.5 Å². The fourth-order valence-electron chi connectivity index (χ4n) is 2.74. The molecule has 1 N–H and O–H groups in total. The highest BCUT2D eigenvalue weighted by atomic mass is 15.3. The van der Waals surface area contributed by atoms with Crippen molar-refractivity contribution in [2.45, 2.75) is 39.3 Å². The smallest absolute Gasteiger partial charge is 0.177 e. The maximum Gasteiger partial charge on any atom is 0.177 e. The Balaban J connectivity index is 1.85. The van der Waals surface area contributed by atoms with E-state index in [0.29, 0.717) is 6.04 Å². The zero-order valence-corrected chi connectivity index (χ0v) is 12.4. The summed E-state index contributed by atoms with van der Waals surface area (Å²) in [5, 5.41) is 8.18. The molecule has 1 fully saturated rings. The van der Waals surface area contributed by atoms with Crippen LogP contribution in [0.5, 0.6) is 0 Å². The summed E-state index contributed by atoms with van der Waals surface area (Å²) in [6.07, 6.45) is 4.64. The Labute approximate surface area is 123 Å². The van der Waals surface area contributed by atoms with Crippen molar-refractivity contribution in [3.05, 3.63) is 47.5 Å². The molecule has 0 radical (unpaired) electrons. The molecule has 0 atom stereocenters. The van der Waals surface area contributed by atoms with Crippen molar-refractivity contribution in [1.82, 2.24) is 24.5 Å². The lowest BCUT2D eigenvalue weighted by molar-refractivity contribution is 0.660. The van der Waals surface area contributed by atoms with Gasteiger partial charge in [0.15, 0.2) is 5.82 Å². The lowest BCUT2D eigenvalue weighted by Crippen LogP contribution is -2.18. The zero-order chi connectivity index (χ0) is 14.4. The molecule has 1 aliphatic carbocycles. The van der Waals surface area contributed by atoms with Crippen LogP contribution in [0.1, 0.15) is 29.9 Å². The molecule has 5 heteroatoms. The normalized spacial score (nSPS) is 15.0. The molecule has 0 saturated heterocycles. The molecule has 108 valence electrons. The molecule has 4 rings (SSSR count). The van der Waals surface area contributed by atoms with Crippen molar-refractivity contribution in [3.63, 3.8) is 0 Å². The number of rotatable bonds is 4. The van der Waals surface area contributed by atoms with Gasteiger partial charge in [0.25, 0.3) is 0 Å². The molecule has 0 aromatic carbocycles. The van der Waals surface area contributed by atoms with Gasteiger partial charge in [-0.25, -0.2) is 9.67 Å². The predicted octanol–water partition coefficient (Wildman–Crippen LogP) is 2.39. The third kappa shape index (κ3) is 2.23. The average Bonchev–Trinajstić information content (AvgIpc) is 3.14. The summed E-state index contributed by atoms with van der Waals surface area (Å²) in [4.78, 5) is 4.78. The van der Waals surface area contributed by atoms with Gasteiger partial charge in [-0.05, 0) is 44.9 Å². The van der Waals surface area contributed by atoms with Gasteiger partial charge in [-0.2, -0.15) is 5.10 Å². The first-order chi connectivity index (χ1) is 10.2. The Bertz CT molecular complexity index is 794. The Morgan fingerprint density at radius 2 is 2.14 bits per heavy atom. The minimum Gasteiger partial charge on any atom is -0.308 e. The van der Waals surface area contributed by atoms with Gasteiger partial charge < -0.3 is 9.72 Å². The molecule has 3 aromatic rings. The minimum atomic E-state index is 0.674. The van der Waals surface area contributed by atoms with Crippen molar-refractivity contribution in [2.24, 2.45) is 0 Å². The number of aryl methyl sites for hydroxylation is 2. The lowest BCUT2D eigenvalue weighted by atomic mass is 10.3. The van der Waals surface area contributed by atoms with Crippen LogP contribution in [0.3, 0.4) is 0 Å². The van der Waals surface area contributed by atoms with Crippen LogP contribution >= 0.6 is 0 Å². The van der Waals surface area contributed by atoms with Gasteiger partial charge in [0, 0.05) is 24.5 Å². The largest absolute Gasteiger partial charge is 0.308 e. The van der Waals surface area contributed by atoms with E-state index in [-0.39, 0.29) is 0 Å². The van der Waals surface area contributed by atoms with E-state index in [4.69, 9.17) is 4.98 Å². The summed E-state index contributed by atoms with van der Waals surface area (Å²) in [5.74, 6) is 0.931. The molecular formula is C16H19N5. The molecular weight excluding hydrogens is 262 g/mol. The number of hydrogen-bond acceptors (Lipinski definition) is 3. The highest BCUT2D eigenvalue weighted by Gasteiger charge is 2.23. The zero-order valence-electron chi connectivity index (χ0n) is 12.4. The Hall–Kier alpha value is -2.14. The van der Waals surface area contributed by atoms with Gasteiger partial charge in [-0.3, -0.25) is 0 Å². The molecule has 0 bridgehead atoms. The predicted molar refractivity (Wildman–Crippen MR) is 81.6 cm³/mol. The summed E-state index contributed by atoms with van der Waals surface area (Å²) >= 11 is 0. The molecule has 0 spiro atoms. The first-order valence-corrected chi connectivity index (χ1v) is 7.45. The van der Waals surface area contributed by atoms with E-state index in [9.17, 15) is 0 Å². The van der Waals surface area contributed by atoms with Crippen molar-refractivity contribution in [2.75, 3.05) is 0 Å². The minimum absolute atomic E-state index is 0.674. The topological polar surface area (TPSA) is 47.1 Å². The summed E-state index contributed by atoms with van der Waals surface area (Å²) in [7, 11) is 0. The molecule has 21 heavy (non-hydrogen) atoms. The van der Waals surface area contributed by atoms with Gasteiger partial charge in [-0.1, -0.05) is 6.07 Å². The van der Waals surface area contributed by atoms with Crippen molar-refractivity contribution in [1.29, 1.82) is 0 Å². The second-order valence-electron chi connectivity index (χ2n) is 5.81. The van der Waals surface area contributed by atoms with Crippen LogP contribution in [0.2, 0.25) is 0 Å². The van der Waals surface area contributed by atoms with Crippen LogP contribution in [0.15, 0.2) is 30.5 Å². The van der Waals surface area contributed by atoms with Gasteiger partial charge in [-0.15, -0.1) is 0 Å². The Morgan fingerprint density at radius 3 is 2.86 bits per heavy atom. The number of imidazole rings is 1. The van der Waals surface area contributed by atoms with E-state index in [1.165, 1.54) is 18.5 Å². The highest BCUT2D eigenvalue weighted by molar-refractivity contribution is 5.49. The van der Waals surface area contributed by atoms with Crippen molar-refractivity contribution < 1.29 is 0 Å². The van der Waals surface area contributed by atoms with E-state index in [0.717, 1.165) is 29.4 Å². The third-order valence-electron chi connectivity index (χ3n) is 3.95. The molecule has 0 aliphatic heterocycles. The van der Waals surface area contributed by atoms with Crippen molar-refractivity contribution in [3.8, 4) is 5.82 Å². The van der Waals surface area contributed by atoms with Gasteiger partial charge >= 0.3 is 0 Å². The fourth-order valence-corrected chi connectivity index (χ4v) is 2.74.